The van der Waals surface area contributed by atoms with Gasteiger partial charge in [0.1, 0.15) is 0 Å². The van der Waals surface area contributed by atoms with Crippen molar-refractivity contribution in [1.29, 1.82) is 0 Å². The van der Waals surface area contributed by atoms with Crippen molar-refractivity contribution < 1.29 is 0 Å². The Labute approximate surface area is 132 Å². The lowest BCUT2D eigenvalue weighted by Crippen LogP contribution is -2.17. The summed E-state index contributed by atoms with van der Waals surface area (Å²) in [7, 11) is 0.00915. The molecule has 4 bridgehead atoms. The van der Waals surface area contributed by atoms with Crippen molar-refractivity contribution in [3.63, 3.8) is 0 Å². The first-order valence-electron chi connectivity index (χ1n) is 8.12. The van der Waals surface area contributed by atoms with Gasteiger partial charge in [-0.05, 0) is 91.0 Å². The predicted molar refractivity (Wildman–Crippen MR) is 97.3 cm³/mol. The Balaban J connectivity index is 1.86. The molecular weight excluding hydrogens is 290 g/mol. The Hall–Kier alpha value is -0.180. The monoisotopic (exact) mass is 316 g/mol. The summed E-state index contributed by atoms with van der Waals surface area (Å²) in [6, 6.07) is 0. The topological polar surface area (TPSA) is 0 Å². The van der Waals surface area contributed by atoms with E-state index >= 15 is 0 Å². The molecule has 21 heavy (non-hydrogen) atoms. The van der Waals surface area contributed by atoms with Crippen LogP contribution in [0.5, 0.6) is 0 Å². The van der Waals surface area contributed by atoms with E-state index in [1.807, 2.05) is 10.6 Å². The fourth-order valence-corrected chi connectivity index (χ4v) is 12.5. The SMILES string of the molecule is CC1=C(C)[P@@]2C[C@H]1C(C)=C2C1=C(C)[C@@]2(C)C[P@]1C(C)=C2C. The number of hydrogen-bond donors (Lipinski definition) is 0. The first-order chi connectivity index (χ1) is 9.79. The molecule has 2 heteroatoms. The Bertz CT molecular complexity index is 701. The van der Waals surface area contributed by atoms with Crippen LogP contribution in [0.1, 0.15) is 48.5 Å². The minimum Gasteiger partial charge on any atom is -0.0620 e. The van der Waals surface area contributed by atoms with Gasteiger partial charge in [0, 0.05) is 11.3 Å². The van der Waals surface area contributed by atoms with Crippen LogP contribution in [0.15, 0.2) is 43.5 Å². The third-order valence-corrected chi connectivity index (χ3v) is 13.3. The van der Waals surface area contributed by atoms with Gasteiger partial charge in [0.15, 0.2) is 0 Å². The Morgan fingerprint density at radius 2 is 1.48 bits per heavy atom. The molecule has 0 aromatic heterocycles. The van der Waals surface area contributed by atoms with Crippen LogP contribution in [0, 0.1) is 11.3 Å². The van der Waals surface area contributed by atoms with E-state index in [-0.39, 0.29) is 15.8 Å². The van der Waals surface area contributed by atoms with Gasteiger partial charge in [-0.2, -0.15) is 0 Å². The Kier molecular flexibility index (Phi) is 2.89. The highest BCUT2D eigenvalue weighted by Gasteiger charge is 2.52. The lowest BCUT2D eigenvalue weighted by Gasteiger charge is -2.31. The zero-order valence-electron chi connectivity index (χ0n) is 14.4. The fraction of sp³-hybridized carbons (Fsp3) is 0.579. The molecule has 0 fully saturated rings. The zero-order valence-corrected chi connectivity index (χ0v) is 16.2. The molecular formula is C19H26P2. The molecule has 0 aliphatic carbocycles. The van der Waals surface area contributed by atoms with Gasteiger partial charge < -0.3 is 0 Å². The van der Waals surface area contributed by atoms with E-state index in [0.717, 1.165) is 5.92 Å². The van der Waals surface area contributed by atoms with Crippen molar-refractivity contribution in [2.45, 2.75) is 48.5 Å². The summed E-state index contributed by atoms with van der Waals surface area (Å²) in [5, 5.41) is 7.18. The molecule has 0 nitrogen and oxygen atoms in total. The smallest absolute Gasteiger partial charge is 0.0148 e. The van der Waals surface area contributed by atoms with Crippen molar-refractivity contribution in [3.05, 3.63) is 43.5 Å². The van der Waals surface area contributed by atoms with Crippen LogP contribution >= 0.6 is 15.8 Å². The molecule has 0 saturated carbocycles. The number of fused-ring (bicyclic) bond motifs is 4. The van der Waals surface area contributed by atoms with Gasteiger partial charge in [-0.15, -0.1) is 0 Å². The Morgan fingerprint density at radius 3 is 2.05 bits per heavy atom. The Morgan fingerprint density at radius 1 is 0.810 bits per heavy atom. The molecule has 0 aromatic rings. The van der Waals surface area contributed by atoms with Crippen LogP contribution < -0.4 is 0 Å². The molecule has 4 heterocycles. The summed E-state index contributed by atoms with van der Waals surface area (Å²) >= 11 is 0. The normalized spacial score (nSPS) is 41.6. The molecule has 4 rings (SSSR count). The van der Waals surface area contributed by atoms with Crippen LogP contribution in [-0.2, 0) is 0 Å². The molecule has 0 N–H and O–H groups in total. The molecule has 0 spiro atoms. The molecule has 4 aliphatic rings. The molecule has 0 saturated heterocycles. The number of allylic oxidation sites excluding steroid dienone is 8. The van der Waals surface area contributed by atoms with Gasteiger partial charge in [-0.3, -0.25) is 0 Å². The molecule has 0 amide bonds. The van der Waals surface area contributed by atoms with Crippen molar-refractivity contribution >= 4 is 15.8 Å². The summed E-state index contributed by atoms with van der Waals surface area (Å²) in [5.74, 6) is 0.792. The minimum atomic E-state index is -0.00854. The van der Waals surface area contributed by atoms with Crippen LogP contribution in [0.25, 0.3) is 0 Å². The number of rotatable bonds is 1. The van der Waals surface area contributed by atoms with E-state index in [1.54, 1.807) is 32.9 Å². The second-order valence-electron chi connectivity index (χ2n) is 7.57. The summed E-state index contributed by atoms with van der Waals surface area (Å²) in [5.41, 5.74) is 7.25. The number of hydrogen-bond acceptors (Lipinski definition) is 0. The maximum absolute atomic E-state index is 2.50. The van der Waals surface area contributed by atoms with E-state index in [4.69, 9.17) is 0 Å². The second-order valence-corrected chi connectivity index (χ2v) is 12.2. The molecule has 4 atom stereocenters. The maximum Gasteiger partial charge on any atom is 0.0148 e. The highest BCUT2D eigenvalue weighted by atomic mass is 31.1. The standard InChI is InChI=1S/C19H26P2/c1-10-14(5)20-8-16(10)11(2)17(20)18-13(4)19(7)9-21(18)15(6)12(19)3/h16H,8-9H2,1-7H3/t16-,19+,20-,21-/m1/s1. The highest BCUT2D eigenvalue weighted by molar-refractivity contribution is 7.73. The lowest BCUT2D eigenvalue weighted by atomic mass is 9.78. The third-order valence-electron chi connectivity index (χ3n) is 6.96. The second kappa shape index (κ2) is 4.21. The van der Waals surface area contributed by atoms with E-state index < -0.39 is 0 Å². The van der Waals surface area contributed by atoms with Gasteiger partial charge in [0.05, 0.1) is 0 Å². The molecule has 4 aliphatic heterocycles. The lowest BCUT2D eigenvalue weighted by molar-refractivity contribution is 0.561. The maximum atomic E-state index is 2.50. The predicted octanol–water partition coefficient (Wildman–Crippen LogP) is 6.76. The minimum absolute atomic E-state index is 0.00854. The summed E-state index contributed by atoms with van der Waals surface area (Å²) in [4.78, 5) is 0. The van der Waals surface area contributed by atoms with E-state index in [0.29, 0.717) is 5.41 Å². The first-order valence-corrected chi connectivity index (χ1v) is 11.2. The van der Waals surface area contributed by atoms with Crippen molar-refractivity contribution in [2.24, 2.45) is 11.3 Å². The van der Waals surface area contributed by atoms with Crippen molar-refractivity contribution in [3.8, 4) is 0 Å². The van der Waals surface area contributed by atoms with Crippen LogP contribution in [-0.4, -0.2) is 12.3 Å². The van der Waals surface area contributed by atoms with Crippen molar-refractivity contribution in [1.82, 2.24) is 0 Å². The zero-order chi connectivity index (χ0) is 15.3. The van der Waals surface area contributed by atoms with Crippen LogP contribution in [0.3, 0.4) is 0 Å². The molecule has 0 aromatic carbocycles. The van der Waals surface area contributed by atoms with Gasteiger partial charge in [-0.1, -0.05) is 29.2 Å². The van der Waals surface area contributed by atoms with Gasteiger partial charge in [0.2, 0.25) is 0 Å². The van der Waals surface area contributed by atoms with Crippen LogP contribution in [0.2, 0.25) is 0 Å². The van der Waals surface area contributed by atoms with E-state index in [2.05, 4.69) is 48.5 Å². The average Bonchev–Trinajstić information content (AvgIpc) is 3.07. The van der Waals surface area contributed by atoms with Gasteiger partial charge in [-0.25, -0.2) is 0 Å². The summed E-state index contributed by atoms with van der Waals surface area (Å²) in [6.45, 7) is 17.0. The summed E-state index contributed by atoms with van der Waals surface area (Å²) in [6.07, 6.45) is 2.85. The fourth-order valence-electron chi connectivity index (χ4n) is 4.91. The average molecular weight is 316 g/mol. The molecule has 0 radical (unpaired) electrons. The highest BCUT2D eigenvalue weighted by Crippen LogP contribution is 2.81. The van der Waals surface area contributed by atoms with Crippen LogP contribution in [0.4, 0.5) is 0 Å². The third kappa shape index (κ3) is 1.50. The molecule has 112 valence electrons. The van der Waals surface area contributed by atoms with Gasteiger partial charge in [0.25, 0.3) is 0 Å². The van der Waals surface area contributed by atoms with E-state index in [1.165, 1.54) is 12.3 Å². The summed E-state index contributed by atoms with van der Waals surface area (Å²) < 4.78 is 0. The molecule has 0 unspecified atom stereocenters. The first kappa shape index (κ1) is 14.4. The quantitative estimate of drug-likeness (QED) is 0.469. The van der Waals surface area contributed by atoms with Gasteiger partial charge >= 0.3 is 0 Å². The van der Waals surface area contributed by atoms with Crippen molar-refractivity contribution in [2.75, 3.05) is 12.3 Å². The largest absolute Gasteiger partial charge is 0.0620 e. The van der Waals surface area contributed by atoms with E-state index in [9.17, 15) is 0 Å².